The molecule has 0 spiro atoms. The molecule has 0 fully saturated rings. The highest BCUT2D eigenvalue weighted by Gasteiger charge is 2.05. The molecule has 19 heavy (non-hydrogen) atoms. The first-order valence-corrected chi connectivity index (χ1v) is 7.50. The van der Waals surface area contributed by atoms with Crippen LogP contribution in [0.1, 0.15) is 32.0 Å². The van der Waals surface area contributed by atoms with Gasteiger partial charge in [0.15, 0.2) is 0 Å². The maximum absolute atomic E-state index is 5.96. The number of anilines is 1. The van der Waals surface area contributed by atoms with Gasteiger partial charge in [-0.05, 0) is 53.5 Å². The van der Waals surface area contributed by atoms with Gasteiger partial charge in [0, 0.05) is 22.4 Å². The maximum atomic E-state index is 5.96. The van der Waals surface area contributed by atoms with E-state index in [0.29, 0.717) is 17.6 Å². The van der Waals surface area contributed by atoms with Crippen LogP contribution in [0.3, 0.4) is 0 Å². The van der Waals surface area contributed by atoms with Gasteiger partial charge in [-0.25, -0.2) is 0 Å². The van der Waals surface area contributed by atoms with E-state index in [1.807, 2.05) is 35.1 Å². The van der Waals surface area contributed by atoms with Crippen molar-refractivity contribution in [3.63, 3.8) is 0 Å². The molecular formula is C14H17BrClN3. The third kappa shape index (κ3) is 3.74. The minimum Gasteiger partial charge on any atom is -0.379 e. The van der Waals surface area contributed by atoms with Crippen LogP contribution in [0.5, 0.6) is 0 Å². The predicted molar refractivity (Wildman–Crippen MR) is 83.7 cm³/mol. The average Bonchev–Trinajstić information content (AvgIpc) is 2.88. The fraction of sp³-hybridized carbons (Fsp3) is 0.357. The summed E-state index contributed by atoms with van der Waals surface area (Å²) in [7, 11) is 0. The lowest BCUT2D eigenvalue weighted by atomic mass is 10.3. The van der Waals surface area contributed by atoms with E-state index in [0.717, 1.165) is 22.3 Å². The summed E-state index contributed by atoms with van der Waals surface area (Å²) in [5.41, 5.74) is 2.06. The van der Waals surface area contributed by atoms with Crippen molar-refractivity contribution in [3.05, 3.63) is 45.7 Å². The van der Waals surface area contributed by atoms with Crippen LogP contribution in [0.25, 0.3) is 0 Å². The SMILES string of the molecule is CCC(C)n1ccc(CNc2ccc(Cl)c(Br)c2)n1. The summed E-state index contributed by atoms with van der Waals surface area (Å²) in [5, 5.41) is 8.60. The van der Waals surface area contributed by atoms with E-state index in [-0.39, 0.29) is 0 Å². The number of nitrogens with zero attached hydrogens (tertiary/aromatic N) is 2. The molecule has 0 aliphatic carbocycles. The van der Waals surface area contributed by atoms with Gasteiger partial charge in [0.1, 0.15) is 0 Å². The summed E-state index contributed by atoms with van der Waals surface area (Å²) in [6, 6.07) is 8.28. The third-order valence-corrected chi connectivity index (χ3v) is 4.31. The molecule has 0 amide bonds. The molecule has 1 unspecified atom stereocenters. The average molecular weight is 343 g/mol. The molecule has 0 saturated carbocycles. The molecule has 2 aromatic rings. The zero-order chi connectivity index (χ0) is 13.8. The lowest BCUT2D eigenvalue weighted by molar-refractivity contribution is 0.474. The number of halogens is 2. The van der Waals surface area contributed by atoms with Gasteiger partial charge in [-0.15, -0.1) is 0 Å². The van der Waals surface area contributed by atoms with Gasteiger partial charge in [0.2, 0.25) is 0 Å². The van der Waals surface area contributed by atoms with Crippen LogP contribution in [-0.4, -0.2) is 9.78 Å². The molecule has 2 rings (SSSR count). The van der Waals surface area contributed by atoms with Crippen molar-refractivity contribution in [2.75, 3.05) is 5.32 Å². The number of nitrogens with one attached hydrogen (secondary N) is 1. The molecule has 3 nitrogen and oxygen atoms in total. The Kier molecular flexibility index (Phi) is 4.88. The minimum atomic E-state index is 0.443. The summed E-state index contributed by atoms with van der Waals surface area (Å²) in [6.07, 6.45) is 3.11. The summed E-state index contributed by atoms with van der Waals surface area (Å²) in [4.78, 5) is 0. The molecule has 0 saturated heterocycles. The first-order valence-electron chi connectivity index (χ1n) is 6.33. The fourth-order valence-corrected chi connectivity index (χ4v) is 2.20. The van der Waals surface area contributed by atoms with Crippen LogP contribution < -0.4 is 5.32 Å². The molecule has 0 aliphatic heterocycles. The standard InChI is InChI=1S/C14H17BrClN3/c1-3-10(2)19-7-6-12(18-19)9-17-11-4-5-14(16)13(15)8-11/h4-8,10,17H,3,9H2,1-2H3. The Morgan fingerprint density at radius 2 is 2.21 bits per heavy atom. The molecule has 1 aromatic carbocycles. The number of benzene rings is 1. The van der Waals surface area contributed by atoms with E-state index in [1.165, 1.54) is 0 Å². The summed E-state index contributed by atoms with van der Waals surface area (Å²) in [6.45, 7) is 5.04. The first kappa shape index (κ1) is 14.4. The van der Waals surface area contributed by atoms with Gasteiger partial charge in [0.05, 0.1) is 17.3 Å². The summed E-state index contributed by atoms with van der Waals surface area (Å²) < 4.78 is 2.90. The van der Waals surface area contributed by atoms with E-state index in [9.17, 15) is 0 Å². The van der Waals surface area contributed by atoms with Crippen LogP contribution in [0.15, 0.2) is 34.9 Å². The Labute approximate surface area is 127 Å². The molecule has 1 heterocycles. The Morgan fingerprint density at radius 3 is 2.89 bits per heavy atom. The minimum absolute atomic E-state index is 0.443. The maximum Gasteiger partial charge on any atom is 0.0815 e. The van der Waals surface area contributed by atoms with Crippen LogP contribution in [0.4, 0.5) is 5.69 Å². The molecule has 1 aromatic heterocycles. The normalized spacial score (nSPS) is 12.4. The van der Waals surface area contributed by atoms with Gasteiger partial charge in [-0.2, -0.15) is 5.10 Å². The van der Waals surface area contributed by atoms with Crippen molar-refractivity contribution in [3.8, 4) is 0 Å². The van der Waals surface area contributed by atoms with Crippen molar-refractivity contribution in [1.29, 1.82) is 0 Å². The number of aromatic nitrogens is 2. The zero-order valence-corrected chi connectivity index (χ0v) is 13.4. The number of hydrogen-bond acceptors (Lipinski definition) is 2. The van der Waals surface area contributed by atoms with Crippen LogP contribution in [0, 0.1) is 0 Å². The van der Waals surface area contributed by atoms with Crippen molar-refractivity contribution >= 4 is 33.2 Å². The van der Waals surface area contributed by atoms with E-state index in [2.05, 4.69) is 40.2 Å². The molecule has 0 radical (unpaired) electrons. The van der Waals surface area contributed by atoms with E-state index in [1.54, 1.807) is 0 Å². The summed E-state index contributed by atoms with van der Waals surface area (Å²) in [5.74, 6) is 0. The van der Waals surface area contributed by atoms with E-state index >= 15 is 0 Å². The van der Waals surface area contributed by atoms with Gasteiger partial charge in [-0.1, -0.05) is 18.5 Å². The van der Waals surface area contributed by atoms with Crippen molar-refractivity contribution in [1.82, 2.24) is 9.78 Å². The highest BCUT2D eigenvalue weighted by Crippen LogP contribution is 2.25. The first-order chi connectivity index (χ1) is 9.10. The van der Waals surface area contributed by atoms with E-state index < -0.39 is 0 Å². The van der Waals surface area contributed by atoms with Crippen LogP contribution in [0.2, 0.25) is 5.02 Å². The quantitative estimate of drug-likeness (QED) is 0.839. The topological polar surface area (TPSA) is 29.9 Å². The Bertz CT molecular complexity index is 553. The molecule has 0 aliphatic rings. The lowest BCUT2D eigenvalue weighted by Gasteiger charge is -2.09. The Morgan fingerprint density at radius 1 is 1.42 bits per heavy atom. The number of rotatable bonds is 5. The van der Waals surface area contributed by atoms with Crippen molar-refractivity contribution < 1.29 is 0 Å². The second-order valence-electron chi connectivity index (χ2n) is 4.53. The van der Waals surface area contributed by atoms with E-state index in [4.69, 9.17) is 11.6 Å². The lowest BCUT2D eigenvalue weighted by Crippen LogP contribution is -2.06. The monoisotopic (exact) mass is 341 g/mol. The van der Waals surface area contributed by atoms with Crippen LogP contribution in [-0.2, 0) is 6.54 Å². The second kappa shape index (κ2) is 6.44. The summed E-state index contributed by atoms with van der Waals surface area (Å²) >= 11 is 9.37. The molecule has 1 N–H and O–H groups in total. The van der Waals surface area contributed by atoms with Gasteiger partial charge >= 0.3 is 0 Å². The molecular weight excluding hydrogens is 326 g/mol. The smallest absolute Gasteiger partial charge is 0.0815 e. The molecule has 5 heteroatoms. The Balaban J connectivity index is 1.98. The van der Waals surface area contributed by atoms with Crippen molar-refractivity contribution in [2.24, 2.45) is 0 Å². The molecule has 102 valence electrons. The molecule has 1 atom stereocenters. The number of hydrogen-bond donors (Lipinski definition) is 1. The third-order valence-electron chi connectivity index (χ3n) is 3.10. The highest BCUT2D eigenvalue weighted by molar-refractivity contribution is 9.10. The predicted octanol–water partition coefficient (Wildman–Crippen LogP) is 4.88. The zero-order valence-electron chi connectivity index (χ0n) is 11.0. The van der Waals surface area contributed by atoms with Gasteiger partial charge in [0.25, 0.3) is 0 Å². The highest BCUT2D eigenvalue weighted by atomic mass is 79.9. The Hall–Kier alpha value is -1.00. The van der Waals surface area contributed by atoms with Crippen LogP contribution >= 0.6 is 27.5 Å². The fourth-order valence-electron chi connectivity index (χ4n) is 1.70. The van der Waals surface area contributed by atoms with Gasteiger partial charge < -0.3 is 5.32 Å². The second-order valence-corrected chi connectivity index (χ2v) is 5.79. The van der Waals surface area contributed by atoms with Gasteiger partial charge in [-0.3, -0.25) is 4.68 Å². The molecule has 0 bridgehead atoms. The largest absolute Gasteiger partial charge is 0.379 e. The van der Waals surface area contributed by atoms with Crippen molar-refractivity contribution in [2.45, 2.75) is 32.9 Å².